The summed E-state index contributed by atoms with van der Waals surface area (Å²) in [6.07, 6.45) is 0. The van der Waals surface area contributed by atoms with Crippen molar-refractivity contribution in [2.75, 3.05) is 13.3 Å². The predicted molar refractivity (Wildman–Crippen MR) is 64.3 cm³/mol. The molecule has 1 aromatic carbocycles. The fourth-order valence-corrected chi connectivity index (χ4v) is 1.96. The van der Waals surface area contributed by atoms with E-state index in [0.29, 0.717) is 6.61 Å². The largest absolute Gasteiger partial charge is 0.494 e. The second kappa shape index (κ2) is 5.53. The second-order valence-corrected chi connectivity index (χ2v) is 4.15. The molecule has 0 aliphatic rings. The minimum absolute atomic E-state index is 0.411. The third-order valence-corrected chi connectivity index (χ3v) is 2.85. The van der Waals surface area contributed by atoms with Crippen LogP contribution in [0.5, 0.6) is 5.75 Å². The van der Waals surface area contributed by atoms with Crippen molar-refractivity contribution in [3.05, 3.63) is 33.3 Å². The molecule has 1 radical (unpaired) electrons. The van der Waals surface area contributed by atoms with Crippen molar-refractivity contribution in [1.29, 1.82) is 0 Å². The summed E-state index contributed by atoms with van der Waals surface area (Å²) in [6.45, 7) is 3.96. The minimum Gasteiger partial charge on any atom is -0.494 e. The van der Waals surface area contributed by atoms with Crippen LogP contribution in [-0.4, -0.2) is 13.3 Å². The van der Waals surface area contributed by atoms with E-state index in [1.807, 2.05) is 25.1 Å². The highest BCUT2D eigenvalue weighted by atomic mass is 127. The van der Waals surface area contributed by atoms with Gasteiger partial charge in [-0.1, -0.05) is 6.92 Å². The van der Waals surface area contributed by atoms with Crippen LogP contribution in [0.15, 0.2) is 18.2 Å². The fourth-order valence-electron chi connectivity index (χ4n) is 1.16. The number of benzene rings is 1. The van der Waals surface area contributed by atoms with Gasteiger partial charge in [-0.2, -0.15) is 0 Å². The molecule has 1 aromatic rings. The Kier molecular flexibility index (Phi) is 4.65. The van der Waals surface area contributed by atoms with Crippen LogP contribution in [0.25, 0.3) is 0 Å². The number of hydrogen-bond acceptors (Lipinski definition) is 1. The molecule has 0 saturated heterocycles. The van der Waals surface area contributed by atoms with Crippen LogP contribution >= 0.6 is 22.6 Å². The number of ether oxygens (including phenoxy) is 1. The molecule has 0 fully saturated rings. The van der Waals surface area contributed by atoms with Gasteiger partial charge in [0.15, 0.2) is 0 Å². The summed E-state index contributed by atoms with van der Waals surface area (Å²) in [7, 11) is 0. The minimum atomic E-state index is -0.411. The molecule has 0 saturated carbocycles. The summed E-state index contributed by atoms with van der Waals surface area (Å²) in [5.41, 5.74) is 0.944. The Morgan fingerprint density at radius 1 is 1.50 bits per heavy atom. The maximum absolute atomic E-state index is 12.5. The van der Waals surface area contributed by atoms with Crippen LogP contribution in [0.1, 0.15) is 19.4 Å². The maximum atomic E-state index is 12.5. The van der Waals surface area contributed by atoms with Crippen LogP contribution in [0, 0.1) is 9.49 Å². The van der Waals surface area contributed by atoms with E-state index in [9.17, 15) is 4.39 Å². The van der Waals surface area contributed by atoms with E-state index in [4.69, 9.17) is 4.74 Å². The monoisotopic (exact) mass is 307 g/mol. The number of halogens is 2. The SMILES string of the molecule is CCOc1ccc(I)c([C](C)CF)c1. The Morgan fingerprint density at radius 2 is 2.21 bits per heavy atom. The zero-order chi connectivity index (χ0) is 10.6. The van der Waals surface area contributed by atoms with Gasteiger partial charge in [0.25, 0.3) is 0 Å². The first kappa shape index (κ1) is 11.8. The fraction of sp³-hybridized carbons (Fsp3) is 0.364. The normalized spacial score (nSPS) is 10.6. The van der Waals surface area contributed by atoms with Gasteiger partial charge in [-0.15, -0.1) is 0 Å². The van der Waals surface area contributed by atoms with Crippen LogP contribution in [-0.2, 0) is 0 Å². The topological polar surface area (TPSA) is 9.23 Å². The lowest BCUT2D eigenvalue weighted by Gasteiger charge is -2.11. The molecule has 0 aliphatic carbocycles. The van der Waals surface area contributed by atoms with Gasteiger partial charge in [-0.25, -0.2) is 0 Å². The standard InChI is InChI=1S/C11H13FIO/c1-3-14-9-4-5-11(13)10(6-9)8(2)7-12/h4-6H,3,7H2,1-2H3. The third kappa shape index (κ3) is 2.83. The van der Waals surface area contributed by atoms with Gasteiger partial charge in [0.1, 0.15) is 5.75 Å². The summed E-state index contributed by atoms with van der Waals surface area (Å²) in [5.74, 6) is 1.55. The summed E-state index contributed by atoms with van der Waals surface area (Å²) < 4.78 is 18.9. The second-order valence-electron chi connectivity index (χ2n) is 2.99. The molecule has 14 heavy (non-hydrogen) atoms. The molecule has 0 unspecified atom stereocenters. The Morgan fingerprint density at radius 3 is 2.79 bits per heavy atom. The number of rotatable bonds is 4. The molecule has 3 heteroatoms. The number of hydrogen-bond donors (Lipinski definition) is 0. The van der Waals surface area contributed by atoms with Crippen molar-refractivity contribution in [3.63, 3.8) is 0 Å². The molecule has 0 bridgehead atoms. The molecule has 0 N–H and O–H groups in total. The van der Waals surface area contributed by atoms with Gasteiger partial charge in [0.05, 0.1) is 13.3 Å². The third-order valence-electron chi connectivity index (χ3n) is 1.91. The highest BCUT2D eigenvalue weighted by Crippen LogP contribution is 2.25. The smallest absolute Gasteiger partial charge is 0.119 e. The molecule has 1 nitrogen and oxygen atoms in total. The molecule has 0 atom stereocenters. The van der Waals surface area contributed by atoms with E-state index in [-0.39, 0.29) is 0 Å². The van der Waals surface area contributed by atoms with Gasteiger partial charge in [-0.3, -0.25) is 4.39 Å². The first-order chi connectivity index (χ1) is 6.69. The van der Waals surface area contributed by atoms with Gasteiger partial charge < -0.3 is 4.74 Å². The van der Waals surface area contributed by atoms with E-state index in [2.05, 4.69) is 22.6 Å². The Labute approximate surface area is 97.8 Å². The van der Waals surface area contributed by atoms with Crippen LogP contribution in [0.3, 0.4) is 0 Å². The van der Waals surface area contributed by atoms with Gasteiger partial charge in [0.2, 0.25) is 0 Å². The first-order valence-electron chi connectivity index (χ1n) is 4.50. The van der Waals surface area contributed by atoms with Crippen molar-refractivity contribution in [3.8, 4) is 5.75 Å². The van der Waals surface area contributed by atoms with E-state index in [1.165, 1.54) is 0 Å². The highest BCUT2D eigenvalue weighted by Gasteiger charge is 2.10. The molecule has 0 aliphatic heterocycles. The Bertz CT molecular complexity index is 301. The molecule has 77 valence electrons. The van der Waals surface area contributed by atoms with Crippen molar-refractivity contribution in [2.24, 2.45) is 0 Å². The maximum Gasteiger partial charge on any atom is 0.119 e. The highest BCUT2D eigenvalue weighted by molar-refractivity contribution is 14.1. The molecule has 0 amide bonds. The average molecular weight is 307 g/mol. The quantitative estimate of drug-likeness (QED) is 0.772. The zero-order valence-corrected chi connectivity index (χ0v) is 10.5. The molecule has 1 rings (SSSR count). The van der Waals surface area contributed by atoms with Crippen molar-refractivity contribution in [1.82, 2.24) is 0 Å². The van der Waals surface area contributed by atoms with E-state index < -0.39 is 6.67 Å². The molecule has 0 spiro atoms. The van der Waals surface area contributed by atoms with Crippen molar-refractivity contribution < 1.29 is 9.13 Å². The molecule has 0 aromatic heterocycles. The summed E-state index contributed by atoms with van der Waals surface area (Å²) in [4.78, 5) is 0. The van der Waals surface area contributed by atoms with Crippen LogP contribution in [0.2, 0.25) is 0 Å². The summed E-state index contributed by atoms with van der Waals surface area (Å²) in [5, 5.41) is 0. The number of alkyl halides is 1. The van der Waals surface area contributed by atoms with E-state index >= 15 is 0 Å². The van der Waals surface area contributed by atoms with Crippen molar-refractivity contribution >= 4 is 22.6 Å². The van der Waals surface area contributed by atoms with E-state index in [0.717, 1.165) is 20.8 Å². The lowest BCUT2D eigenvalue weighted by Crippen LogP contribution is -2.01. The molecular weight excluding hydrogens is 294 g/mol. The van der Waals surface area contributed by atoms with Crippen LogP contribution in [0.4, 0.5) is 4.39 Å². The molecular formula is C11H13FIO. The van der Waals surface area contributed by atoms with Gasteiger partial charge >= 0.3 is 0 Å². The molecule has 0 heterocycles. The lowest BCUT2D eigenvalue weighted by molar-refractivity contribution is 0.340. The Hall–Kier alpha value is -0.320. The zero-order valence-electron chi connectivity index (χ0n) is 8.31. The summed E-state index contributed by atoms with van der Waals surface area (Å²) >= 11 is 2.20. The first-order valence-corrected chi connectivity index (χ1v) is 5.58. The predicted octanol–water partition coefficient (Wildman–Crippen LogP) is 3.60. The lowest BCUT2D eigenvalue weighted by atomic mass is 10.0. The van der Waals surface area contributed by atoms with Crippen LogP contribution < -0.4 is 4.74 Å². The van der Waals surface area contributed by atoms with Gasteiger partial charge in [0, 0.05) is 9.49 Å². The van der Waals surface area contributed by atoms with Gasteiger partial charge in [-0.05, 0) is 53.3 Å². The Balaban J connectivity index is 2.95. The average Bonchev–Trinajstić information content (AvgIpc) is 2.20. The van der Waals surface area contributed by atoms with Crippen molar-refractivity contribution in [2.45, 2.75) is 13.8 Å². The van der Waals surface area contributed by atoms with E-state index in [1.54, 1.807) is 6.92 Å². The summed E-state index contributed by atoms with van der Waals surface area (Å²) in [6, 6.07) is 5.74.